The zero-order chi connectivity index (χ0) is 16.9. The molecule has 5 heteroatoms. The third-order valence-corrected chi connectivity index (χ3v) is 4.93. The van der Waals surface area contributed by atoms with Crippen LogP contribution in [0.25, 0.3) is 10.6 Å². The monoisotopic (exact) mass is 358 g/mol. The van der Waals surface area contributed by atoms with Gasteiger partial charge in [0.1, 0.15) is 10.8 Å². The molecule has 0 saturated heterocycles. The summed E-state index contributed by atoms with van der Waals surface area (Å²) in [6, 6.07) is 16.0. The van der Waals surface area contributed by atoms with Crippen LogP contribution in [0.2, 0.25) is 5.02 Å². The quantitative estimate of drug-likeness (QED) is 0.612. The SMILES string of the molecule is COc1cccc(CN(C)Cc2csc(-c3ccccc3Cl)n2)c1. The summed E-state index contributed by atoms with van der Waals surface area (Å²) < 4.78 is 5.28. The standard InChI is InChI=1S/C19H19ClN2OS/c1-22(11-14-6-5-7-16(10-14)23-2)12-15-13-24-19(21-15)17-8-3-4-9-18(17)20/h3-10,13H,11-12H2,1-2H3. The van der Waals surface area contributed by atoms with Gasteiger partial charge in [0, 0.05) is 24.0 Å². The number of aromatic nitrogens is 1. The van der Waals surface area contributed by atoms with Gasteiger partial charge in [0.15, 0.2) is 0 Å². The van der Waals surface area contributed by atoms with E-state index < -0.39 is 0 Å². The van der Waals surface area contributed by atoms with E-state index in [1.165, 1.54) is 5.56 Å². The molecule has 0 amide bonds. The third-order valence-electron chi connectivity index (χ3n) is 3.67. The topological polar surface area (TPSA) is 25.4 Å². The van der Waals surface area contributed by atoms with Gasteiger partial charge in [0.05, 0.1) is 17.8 Å². The van der Waals surface area contributed by atoms with E-state index in [1.54, 1.807) is 18.4 Å². The van der Waals surface area contributed by atoms with Crippen molar-refractivity contribution in [3.8, 4) is 16.3 Å². The molecule has 0 saturated carbocycles. The normalized spacial score (nSPS) is 11.0. The van der Waals surface area contributed by atoms with Gasteiger partial charge in [-0.1, -0.05) is 41.9 Å². The lowest BCUT2D eigenvalue weighted by Crippen LogP contribution is -2.17. The smallest absolute Gasteiger partial charge is 0.125 e. The second-order valence-electron chi connectivity index (χ2n) is 5.65. The Hall–Kier alpha value is -1.88. The summed E-state index contributed by atoms with van der Waals surface area (Å²) in [4.78, 5) is 6.96. The highest BCUT2D eigenvalue weighted by molar-refractivity contribution is 7.13. The molecule has 0 aliphatic carbocycles. The summed E-state index contributed by atoms with van der Waals surface area (Å²) in [7, 11) is 3.78. The first-order chi connectivity index (χ1) is 11.7. The molecular formula is C19H19ClN2OS. The fraction of sp³-hybridized carbons (Fsp3) is 0.211. The number of hydrogen-bond donors (Lipinski definition) is 0. The van der Waals surface area contributed by atoms with Crippen LogP contribution in [0.1, 0.15) is 11.3 Å². The number of ether oxygens (including phenoxy) is 1. The molecule has 1 heterocycles. The predicted octanol–water partition coefficient (Wildman–Crippen LogP) is 5.10. The molecular weight excluding hydrogens is 340 g/mol. The average Bonchev–Trinajstić information content (AvgIpc) is 3.03. The van der Waals surface area contributed by atoms with Gasteiger partial charge < -0.3 is 4.74 Å². The van der Waals surface area contributed by atoms with Crippen molar-refractivity contribution in [2.45, 2.75) is 13.1 Å². The number of hydrogen-bond acceptors (Lipinski definition) is 4. The Balaban J connectivity index is 1.67. The van der Waals surface area contributed by atoms with Crippen LogP contribution in [0.5, 0.6) is 5.75 Å². The van der Waals surface area contributed by atoms with Gasteiger partial charge in [-0.2, -0.15) is 0 Å². The van der Waals surface area contributed by atoms with E-state index in [9.17, 15) is 0 Å². The van der Waals surface area contributed by atoms with Crippen LogP contribution in [0, 0.1) is 0 Å². The molecule has 2 aromatic carbocycles. The summed E-state index contributed by atoms with van der Waals surface area (Å²) in [6.07, 6.45) is 0. The van der Waals surface area contributed by atoms with Crippen LogP contribution in [0.4, 0.5) is 0 Å². The molecule has 0 bridgehead atoms. The maximum Gasteiger partial charge on any atom is 0.125 e. The molecule has 124 valence electrons. The molecule has 3 nitrogen and oxygen atoms in total. The number of thiazole rings is 1. The second kappa shape index (κ2) is 7.79. The minimum Gasteiger partial charge on any atom is -0.497 e. The number of nitrogens with zero attached hydrogens (tertiary/aromatic N) is 2. The first kappa shape index (κ1) is 17.0. The van der Waals surface area contributed by atoms with Crippen LogP contribution in [-0.2, 0) is 13.1 Å². The van der Waals surface area contributed by atoms with Gasteiger partial charge in [-0.3, -0.25) is 4.90 Å². The van der Waals surface area contributed by atoms with Crippen molar-refractivity contribution in [2.24, 2.45) is 0 Å². The largest absolute Gasteiger partial charge is 0.497 e. The van der Waals surface area contributed by atoms with Crippen LogP contribution >= 0.6 is 22.9 Å². The van der Waals surface area contributed by atoms with E-state index in [0.29, 0.717) is 0 Å². The van der Waals surface area contributed by atoms with E-state index in [4.69, 9.17) is 21.3 Å². The molecule has 0 radical (unpaired) electrons. The van der Waals surface area contributed by atoms with Gasteiger partial charge in [0.2, 0.25) is 0 Å². The maximum absolute atomic E-state index is 6.25. The van der Waals surface area contributed by atoms with E-state index in [2.05, 4.69) is 29.5 Å². The molecule has 0 aliphatic heterocycles. The van der Waals surface area contributed by atoms with Crippen molar-refractivity contribution in [1.82, 2.24) is 9.88 Å². The number of halogens is 1. The maximum atomic E-state index is 6.25. The van der Waals surface area contributed by atoms with Crippen LogP contribution in [0.3, 0.4) is 0 Å². The highest BCUT2D eigenvalue weighted by Crippen LogP contribution is 2.30. The van der Waals surface area contributed by atoms with Crippen molar-refractivity contribution in [3.05, 3.63) is 70.2 Å². The fourth-order valence-corrected chi connectivity index (χ4v) is 3.68. The lowest BCUT2D eigenvalue weighted by Gasteiger charge is -2.15. The summed E-state index contributed by atoms with van der Waals surface area (Å²) in [5, 5.41) is 3.80. The minimum absolute atomic E-state index is 0.739. The van der Waals surface area contributed by atoms with E-state index in [-0.39, 0.29) is 0 Å². The van der Waals surface area contributed by atoms with E-state index >= 15 is 0 Å². The predicted molar refractivity (Wildman–Crippen MR) is 101 cm³/mol. The zero-order valence-electron chi connectivity index (χ0n) is 13.7. The molecule has 0 N–H and O–H groups in total. The minimum atomic E-state index is 0.739. The number of methoxy groups -OCH3 is 1. The summed E-state index contributed by atoms with van der Waals surface area (Å²) in [5.74, 6) is 0.885. The molecule has 3 rings (SSSR count). The lowest BCUT2D eigenvalue weighted by atomic mass is 10.2. The van der Waals surface area contributed by atoms with Gasteiger partial charge in [-0.25, -0.2) is 4.98 Å². The molecule has 0 aliphatic rings. The second-order valence-corrected chi connectivity index (χ2v) is 6.91. The fourth-order valence-electron chi connectivity index (χ4n) is 2.55. The van der Waals surface area contributed by atoms with Crippen molar-refractivity contribution >= 4 is 22.9 Å². The van der Waals surface area contributed by atoms with Gasteiger partial charge in [0.25, 0.3) is 0 Å². The number of benzene rings is 2. The van der Waals surface area contributed by atoms with Crippen molar-refractivity contribution in [2.75, 3.05) is 14.2 Å². The molecule has 24 heavy (non-hydrogen) atoms. The first-order valence-corrected chi connectivity index (χ1v) is 8.92. The van der Waals surface area contributed by atoms with E-state index in [0.717, 1.165) is 40.1 Å². The van der Waals surface area contributed by atoms with Crippen molar-refractivity contribution in [3.63, 3.8) is 0 Å². The van der Waals surface area contributed by atoms with Gasteiger partial charge in [-0.15, -0.1) is 11.3 Å². The summed E-state index contributed by atoms with van der Waals surface area (Å²) in [6.45, 7) is 1.63. The Morgan fingerprint density at radius 2 is 1.96 bits per heavy atom. The number of rotatable bonds is 6. The summed E-state index contributed by atoms with van der Waals surface area (Å²) in [5.41, 5.74) is 3.27. The lowest BCUT2D eigenvalue weighted by molar-refractivity contribution is 0.315. The first-order valence-electron chi connectivity index (χ1n) is 7.66. The van der Waals surface area contributed by atoms with Crippen LogP contribution in [-0.4, -0.2) is 24.0 Å². The Labute approximate surface area is 151 Å². The Kier molecular flexibility index (Phi) is 5.51. The molecule has 0 atom stereocenters. The van der Waals surface area contributed by atoms with Gasteiger partial charge in [-0.05, 0) is 30.8 Å². The van der Waals surface area contributed by atoms with Crippen molar-refractivity contribution in [1.29, 1.82) is 0 Å². The summed E-state index contributed by atoms with van der Waals surface area (Å²) >= 11 is 7.88. The van der Waals surface area contributed by atoms with Crippen molar-refractivity contribution < 1.29 is 4.74 Å². The average molecular weight is 359 g/mol. The third kappa shape index (κ3) is 4.15. The van der Waals surface area contributed by atoms with E-state index in [1.807, 2.05) is 36.4 Å². The molecule has 0 unspecified atom stereocenters. The van der Waals surface area contributed by atoms with Crippen LogP contribution in [0.15, 0.2) is 53.9 Å². The highest BCUT2D eigenvalue weighted by atomic mass is 35.5. The Bertz CT molecular complexity index is 818. The Morgan fingerprint density at radius 1 is 1.12 bits per heavy atom. The van der Waals surface area contributed by atoms with Crippen LogP contribution < -0.4 is 4.74 Å². The molecule has 0 spiro atoms. The van der Waals surface area contributed by atoms with Gasteiger partial charge >= 0.3 is 0 Å². The highest BCUT2D eigenvalue weighted by Gasteiger charge is 2.10. The molecule has 1 aromatic heterocycles. The Morgan fingerprint density at radius 3 is 2.75 bits per heavy atom. The zero-order valence-corrected chi connectivity index (χ0v) is 15.3. The molecule has 3 aromatic rings. The molecule has 0 fully saturated rings.